The van der Waals surface area contributed by atoms with Crippen molar-refractivity contribution >= 4 is 50.4 Å². The van der Waals surface area contributed by atoms with Crippen molar-refractivity contribution in [1.82, 2.24) is 20.6 Å². The van der Waals surface area contributed by atoms with Gasteiger partial charge >= 0.3 is 6.18 Å². The summed E-state index contributed by atoms with van der Waals surface area (Å²) < 4.78 is 71.9. The zero-order valence-electron chi connectivity index (χ0n) is 22.4. The number of carbonyl (C=O) groups excluding carboxylic acids is 2. The zero-order chi connectivity index (χ0) is 30.9. The summed E-state index contributed by atoms with van der Waals surface area (Å²) in [6.07, 6.45) is -2.79. The molecule has 1 heterocycles. The van der Waals surface area contributed by atoms with E-state index in [1.54, 1.807) is 24.3 Å². The third-order valence-electron chi connectivity index (χ3n) is 7.26. The summed E-state index contributed by atoms with van der Waals surface area (Å²) in [5.74, 6) is -1.21. The van der Waals surface area contributed by atoms with Crippen molar-refractivity contribution in [3.8, 4) is 5.75 Å². The second kappa shape index (κ2) is 12.3. The largest absolute Gasteiger partial charge is 0.487 e. The van der Waals surface area contributed by atoms with Crippen LogP contribution in [-0.4, -0.2) is 41.0 Å². The Labute approximate surface area is 256 Å². The molecule has 0 atom stereocenters. The molecule has 43 heavy (non-hydrogen) atoms. The lowest BCUT2D eigenvalue weighted by atomic mass is 10.0. The Morgan fingerprint density at radius 3 is 2.56 bits per heavy atom. The van der Waals surface area contributed by atoms with Crippen molar-refractivity contribution in [2.45, 2.75) is 51.3 Å². The van der Waals surface area contributed by atoms with Gasteiger partial charge < -0.3 is 20.4 Å². The van der Waals surface area contributed by atoms with E-state index < -0.39 is 36.4 Å². The normalized spacial score (nSPS) is 16.1. The number of aromatic amines is 1. The van der Waals surface area contributed by atoms with Gasteiger partial charge in [-0.3, -0.25) is 9.59 Å². The highest BCUT2D eigenvalue weighted by Crippen LogP contribution is 2.57. The van der Waals surface area contributed by atoms with E-state index in [4.69, 9.17) is 16.3 Å². The van der Waals surface area contributed by atoms with Crippen LogP contribution in [-0.2, 0) is 17.8 Å². The van der Waals surface area contributed by atoms with E-state index >= 15 is 0 Å². The van der Waals surface area contributed by atoms with E-state index in [0.29, 0.717) is 51.5 Å². The molecule has 1 saturated carbocycles. The molecule has 2 aliphatic carbocycles. The number of rotatable bonds is 10. The SMILES string of the molecule is O=C(NC1=CC=C(Br)CC1)c1cc2[nH]c(Cc3cc(CNC(=O)C4(C(F)(F)F)CC4)ccc3Cl)nc2cc1OCC(F)F. The highest BCUT2D eigenvalue weighted by Gasteiger charge is 2.68. The van der Waals surface area contributed by atoms with Crippen molar-refractivity contribution in [3.05, 3.63) is 80.2 Å². The van der Waals surface area contributed by atoms with Gasteiger partial charge in [0.05, 0.1) is 16.6 Å². The maximum Gasteiger partial charge on any atom is 0.403 e. The summed E-state index contributed by atoms with van der Waals surface area (Å²) in [6, 6.07) is 7.71. The minimum Gasteiger partial charge on any atom is -0.487 e. The van der Waals surface area contributed by atoms with Crippen molar-refractivity contribution in [2.75, 3.05) is 6.61 Å². The van der Waals surface area contributed by atoms with Crippen LogP contribution < -0.4 is 15.4 Å². The van der Waals surface area contributed by atoms with Gasteiger partial charge in [-0.1, -0.05) is 45.7 Å². The molecule has 0 spiro atoms. The zero-order valence-corrected chi connectivity index (χ0v) is 24.7. The molecule has 2 amide bonds. The monoisotopic (exact) mass is 686 g/mol. The average Bonchev–Trinajstić information content (AvgIpc) is 3.69. The van der Waals surface area contributed by atoms with Gasteiger partial charge in [0.25, 0.3) is 12.3 Å². The predicted octanol–water partition coefficient (Wildman–Crippen LogP) is 7.10. The predicted molar refractivity (Wildman–Crippen MR) is 153 cm³/mol. The number of fused-ring (bicyclic) bond motifs is 1. The summed E-state index contributed by atoms with van der Waals surface area (Å²) in [4.78, 5) is 33.0. The fourth-order valence-corrected chi connectivity index (χ4v) is 5.24. The van der Waals surface area contributed by atoms with Gasteiger partial charge in [-0.25, -0.2) is 13.8 Å². The van der Waals surface area contributed by atoms with E-state index in [0.717, 1.165) is 4.48 Å². The van der Waals surface area contributed by atoms with Crippen LogP contribution in [0.25, 0.3) is 11.0 Å². The number of carbonyl (C=O) groups is 2. The summed E-state index contributed by atoms with van der Waals surface area (Å²) in [7, 11) is 0. The van der Waals surface area contributed by atoms with Crippen molar-refractivity contribution in [1.29, 1.82) is 0 Å². The highest BCUT2D eigenvalue weighted by atomic mass is 79.9. The van der Waals surface area contributed by atoms with Crippen LogP contribution in [0.2, 0.25) is 5.02 Å². The Balaban J connectivity index is 1.35. The van der Waals surface area contributed by atoms with Crippen molar-refractivity contribution in [2.24, 2.45) is 5.41 Å². The second-order valence-corrected chi connectivity index (χ2v) is 11.8. The molecule has 1 aromatic heterocycles. The van der Waals surface area contributed by atoms with E-state index in [9.17, 15) is 31.5 Å². The topological polar surface area (TPSA) is 96.1 Å². The molecule has 5 rings (SSSR count). The molecule has 2 aliphatic rings. The Morgan fingerprint density at radius 2 is 1.91 bits per heavy atom. The number of ether oxygens (including phenoxy) is 1. The molecule has 0 aliphatic heterocycles. The van der Waals surface area contributed by atoms with Crippen LogP contribution in [0.15, 0.2) is 52.7 Å². The first-order chi connectivity index (χ1) is 20.3. The van der Waals surface area contributed by atoms with Crippen LogP contribution in [0.4, 0.5) is 22.0 Å². The number of benzene rings is 2. The first-order valence-electron chi connectivity index (χ1n) is 13.3. The van der Waals surface area contributed by atoms with Crippen molar-refractivity contribution < 1.29 is 36.3 Å². The molecule has 2 aromatic carbocycles. The molecule has 228 valence electrons. The quantitative estimate of drug-likeness (QED) is 0.198. The molecule has 1 fully saturated rings. The lowest BCUT2D eigenvalue weighted by molar-refractivity contribution is -0.192. The van der Waals surface area contributed by atoms with E-state index in [1.807, 2.05) is 6.08 Å². The Hall–Kier alpha value is -3.45. The number of alkyl halides is 5. The molecule has 14 heteroatoms. The van der Waals surface area contributed by atoms with Gasteiger partial charge in [-0.15, -0.1) is 0 Å². The molecule has 0 bridgehead atoms. The van der Waals surface area contributed by atoms with Gasteiger partial charge in [0.15, 0.2) is 0 Å². The van der Waals surface area contributed by atoms with Crippen LogP contribution in [0.1, 0.15) is 53.0 Å². The summed E-state index contributed by atoms with van der Waals surface area (Å²) in [6.45, 7) is -1.03. The van der Waals surface area contributed by atoms with Gasteiger partial charge in [0.1, 0.15) is 23.6 Å². The van der Waals surface area contributed by atoms with Crippen LogP contribution >= 0.6 is 27.5 Å². The maximum absolute atomic E-state index is 13.3. The third-order valence-corrected chi connectivity index (χ3v) is 8.29. The van der Waals surface area contributed by atoms with E-state index in [-0.39, 0.29) is 37.1 Å². The summed E-state index contributed by atoms with van der Waals surface area (Å²) >= 11 is 9.78. The van der Waals surface area contributed by atoms with Crippen LogP contribution in [0.3, 0.4) is 0 Å². The standard InChI is InChI=1S/C29H25BrClF5N4O3/c30-17-2-4-18(5-3-17)38-26(41)19-11-21-22(12-23(19)43-14-24(32)33)40-25(39-21)10-16-9-15(1-6-20(16)31)13-37-27(42)28(7-8-28)29(34,35)36/h1-2,4,6,9,11-12,24H,3,5,7-8,10,13-14H2,(H,37,42)(H,38,41)(H,39,40). The number of imidazole rings is 1. The number of allylic oxidation sites excluding steroid dienone is 4. The Kier molecular flexibility index (Phi) is 8.85. The molecular weight excluding hydrogens is 663 g/mol. The molecular formula is C29H25BrClF5N4O3. The third kappa shape index (κ3) is 7.04. The molecule has 7 nitrogen and oxygen atoms in total. The highest BCUT2D eigenvalue weighted by molar-refractivity contribution is 9.11. The smallest absolute Gasteiger partial charge is 0.403 e. The number of hydrogen-bond donors (Lipinski definition) is 3. The van der Waals surface area contributed by atoms with Gasteiger partial charge in [-0.05, 0) is 59.5 Å². The van der Waals surface area contributed by atoms with Crippen molar-refractivity contribution in [3.63, 3.8) is 0 Å². The average molecular weight is 688 g/mol. The van der Waals surface area contributed by atoms with E-state index in [2.05, 4.69) is 36.5 Å². The molecule has 0 unspecified atom stereocenters. The first-order valence-corrected chi connectivity index (χ1v) is 14.4. The van der Waals surface area contributed by atoms with Gasteiger partial charge in [0.2, 0.25) is 5.91 Å². The summed E-state index contributed by atoms with van der Waals surface area (Å²) in [5.41, 5.74) is 0.330. The van der Waals surface area contributed by atoms with Gasteiger partial charge in [0, 0.05) is 29.8 Å². The Bertz CT molecular complexity index is 1630. The fraction of sp³-hybridized carbons (Fsp3) is 0.345. The molecule has 0 saturated heterocycles. The fourth-order valence-electron chi connectivity index (χ4n) is 4.72. The van der Waals surface area contributed by atoms with E-state index in [1.165, 1.54) is 12.1 Å². The minimum absolute atomic E-state index is 0.0425. The number of H-pyrrole nitrogens is 1. The molecule has 0 radical (unpaired) electrons. The van der Waals surface area contributed by atoms with Crippen LogP contribution in [0.5, 0.6) is 5.75 Å². The van der Waals surface area contributed by atoms with Gasteiger partial charge in [-0.2, -0.15) is 13.2 Å². The number of hydrogen-bond acceptors (Lipinski definition) is 4. The number of amides is 2. The Morgan fingerprint density at radius 1 is 1.14 bits per heavy atom. The lowest BCUT2D eigenvalue weighted by Crippen LogP contribution is -2.40. The molecule has 3 aromatic rings. The number of aromatic nitrogens is 2. The summed E-state index contributed by atoms with van der Waals surface area (Å²) in [5, 5.41) is 5.54. The lowest BCUT2D eigenvalue weighted by Gasteiger charge is -2.18. The number of nitrogens with one attached hydrogen (secondary N) is 3. The first kappa shape index (κ1) is 31.0. The maximum atomic E-state index is 13.3. The second-order valence-electron chi connectivity index (χ2n) is 10.4. The molecule has 3 N–H and O–H groups in total. The number of nitrogens with zero attached hydrogens (tertiary/aromatic N) is 1. The minimum atomic E-state index is -4.60. The van der Waals surface area contributed by atoms with Crippen LogP contribution in [0, 0.1) is 5.41 Å². The number of halogens is 7.